The number of rotatable bonds is 7. The highest BCUT2D eigenvalue weighted by Crippen LogP contribution is 2.17. The zero-order valence-corrected chi connectivity index (χ0v) is 14.3. The van der Waals surface area contributed by atoms with Crippen molar-refractivity contribution in [1.82, 2.24) is 0 Å². The predicted octanol–water partition coefficient (Wildman–Crippen LogP) is 5.09. The smallest absolute Gasteiger partial charge is 0.243 e. The first-order valence-electron chi connectivity index (χ1n) is 6.93. The van der Waals surface area contributed by atoms with Crippen molar-refractivity contribution in [2.45, 2.75) is 47.5 Å². The van der Waals surface area contributed by atoms with Crippen molar-refractivity contribution in [3.8, 4) is 0 Å². The first-order chi connectivity index (χ1) is 9.83. The minimum Gasteiger partial charge on any atom is -0.259 e. The largest absolute Gasteiger partial charge is 0.259 e. The van der Waals surface area contributed by atoms with E-state index >= 15 is 0 Å². The van der Waals surface area contributed by atoms with Gasteiger partial charge in [-0.15, -0.1) is 12.6 Å². The SMILES string of the molecule is C\C=C/C(=C\C=C(/C)[N+](=O)[O-])C(/C)=N/C(C)=C(\S)CCC. The van der Waals surface area contributed by atoms with Gasteiger partial charge in [0.25, 0.3) is 0 Å². The Morgan fingerprint density at radius 2 is 1.90 bits per heavy atom. The van der Waals surface area contributed by atoms with Crippen LogP contribution in [0.3, 0.4) is 0 Å². The molecule has 0 heterocycles. The monoisotopic (exact) mass is 308 g/mol. The van der Waals surface area contributed by atoms with E-state index in [-0.39, 0.29) is 5.70 Å². The molecule has 4 nitrogen and oxygen atoms in total. The summed E-state index contributed by atoms with van der Waals surface area (Å²) in [4.78, 5) is 15.7. The average Bonchev–Trinajstić information content (AvgIpc) is 2.42. The van der Waals surface area contributed by atoms with E-state index in [9.17, 15) is 10.1 Å². The van der Waals surface area contributed by atoms with Gasteiger partial charge in [-0.05, 0) is 38.8 Å². The van der Waals surface area contributed by atoms with Crippen LogP contribution in [-0.4, -0.2) is 10.6 Å². The number of nitrogens with zero attached hydrogens (tertiary/aromatic N) is 2. The maximum Gasteiger partial charge on any atom is 0.243 e. The molecular formula is C16H24N2O2S. The van der Waals surface area contributed by atoms with Crippen LogP contribution in [0.25, 0.3) is 0 Å². The van der Waals surface area contributed by atoms with Crippen LogP contribution in [0.15, 0.2) is 51.2 Å². The van der Waals surface area contributed by atoms with Gasteiger partial charge in [0.1, 0.15) is 0 Å². The second-order valence-corrected chi connectivity index (χ2v) is 5.21. The van der Waals surface area contributed by atoms with Gasteiger partial charge in [-0.1, -0.05) is 25.5 Å². The minimum atomic E-state index is -0.408. The van der Waals surface area contributed by atoms with Gasteiger partial charge in [0.05, 0.1) is 4.92 Å². The molecule has 0 aromatic rings. The van der Waals surface area contributed by atoms with Crippen molar-refractivity contribution in [1.29, 1.82) is 0 Å². The van der Waals surface area contributed by atoms with Crippen LogP contribution in [0.5, 0.6) is 0 Å². The third-order valence-corrected chi connectivity index (χ3v) is 3.34. The van der Waals surface area contributed by atoms with Crippen molar-refractivity contribution in [3.05, 3.63) is 56.3 Å². The molecule has 0 aliphatic heterocycles. The molecule has 0 atom stereocenters. The van der Waals surface area contributed by atoms with Crippen molar-refractivity contribution in [2.75, 3.05) is 0 Å². The maximum absolute atomic E-state index is 10.6. The summed E-state index contributed by atoms with van der Waals surface area (Å²) in [5.41, 5.74) is 2.62. The fourth-order valence-electron chi connectivity index (χ4n) is 1.55. The first kappa shape index (κ1) is 19.4. The molecule has 116 valence electrons. The lowest BCUT2D eigenvalue weighted by Gasteiger charge is -2.05. The van der Waals surface area contributed by atoms with Gasteiger partial charge < -0.3 is 0 Å². The fraction of sp³-hybridized carbons (Fsp3) is 0.438. The van der Waals surface area contributed by atoms with Crippen molar-refractivity contribution in [3.63, 3.8) is 0 Å². The Balaban J connectivity index is 5.49. The van der Waals surface area contributed by atoms with Gasteiger partial charge in [0.2, 0.25) is 5.70 Å². The Kier molecular flexibility index (Phi) is 9.37. The zero-order chi connectivity index (χ0) is 16.4. The number of hydrogen-bond donors (Lipinski definition) is 1. The van der Waals surface area contributed by atoms with E-state index in [1.54, 1.807) is 6.08 Å². The van der Waals surface area contributed by atoms with Gasteiger partial charge in [-0.3, -0.25) is 15.1 Å². The van der Waals surface area contributed by atoms with Gasteiger partial charge in [0, 0.05) is 29.3 Å². The lowest BCUT2D eigenvalue weighted by atomic mass is 10.1. The van der Waals surface area contributed by atoms with Crippen LogP contribution in [-0.2, 0) is 0 Å². The summed E-state index contributed by atoms with van der Waals surface area (Å²) in [6.45, 7) is 9.27. The van der Waals surface area contributed by atoms with Crippen LogP contribution in [0.1, 0.15) is 47.5 Å². The number of nitro groups is 1. The van der Waals surface area contributed by atoms with Gasteiger partial charge >= 0.3 is 0 Å². The van der Waals surface area contributed by atoms with Crippen LogP contribution >= 0.6 is 12.6 Å². The zero-order valence-electron chi connectivity index (χ0n) is 13.4. The second kappa shape index (κ2) is 10.2. The van der Waals surface area contributed by atoms with Crippen molar-refractivity contribution in [2.24, 2.45) is 4.99 Å². The van der Waals surface area contributed by atoms with E-state index in [4.69, 9.17) is 0 Å². The molecule has 0 aliphatic carbocycles. The second-order valence-electron chi connectivity index (χ2n) is 4.67. The molecule has 21 heavy (non-hydrogen) atoms. The van der Waals surface area contributed by atoms with Gasteiger partial charge in [-0.25, -0.2) is 0 Å². The molecule has 0 radical (unpaired) electrons. The molecule has 0 aliphatic rings. The topological polar surface area (TPSA) is 55.5 Å². The molecule has 0 rings (SSSR count). The Morgan fingerprint density at radius 3 is 2.38 bits per heavy atom. The first-order valence-corrected chi connectivity index (χ1v) is 7.38. The van der Waals surface area contributed by atoms with E-state index < -0.39 is 4.92 Å². The van der Waals surface area contributed by atoms with E-state index in [2.05, 4.69) is 24.5 Å². The van der Waals surface area contributed by atoms with Crippen LogP contribution in [0, 0.1) is 10.1 Å². The molecule has 0 spiro atoms. The van der Waals surface area contributed by atoms with Crippen LogP contribution < -0.4 is 0 Å². The third-order valence-electron chi connectivity index (χ3n) is 2.80. The van der Waals surface area contributed by atoms with Gasteiger partial charge in [0.15, 0.2) is 0 Å². The van der Waals surface area contributed by atoms with Crippen LogP contribution in [0.4, 0.5) is 0 Å². The van der Waals surface area contributed by atoms with E-state index in [0.29, 0.717) is 0 Å². The highest BCUT2D eigenvalue weighted by Gasteiger charge is 2.03. The van der Waals surface area contributed by atoms with Gasteiger partial charge in [-0.2, -0.15) is 0 Å². The predicted molar refractivity (Wildman–Crippen MR) is 93.4 cm³/mol. The Hall–Kier alpha value is -1.62. The summed E-state index contributed by atoms with van der Waals surface area (Å²) in [6.07, 6.45) is 8.88. The Bertz CT molecular complexity index is 526. The number of aliphatic imine (C=N–C) groups is 1. The van der Waals surface area contributed by atoms with E-state index in [1.807, 2.05) is 32.9 Å². The standard InChI is InChI=1S/C16H24N2O2S/c1-6-8-15(11-10-12(3)18(19)20)13(4)17-14(5)16(21)9-7-2/h6,8,10-11,21H,7,9H2,1-5H3/b8-6-,12-10+,15-11+,16-14-,17-13+. The summed E-state index contributed by atoms with van der Waals surface area (Å²) in [6, 6.07) is 0. The molecule has 0 aromatic carbocycles. The average molecular weight is 308 g/mol. The normalized spacial score (nSPS) is 15.4. The molecule has 5 heteroatoms. The number of hydrogen-bond acceptors (Lipinski definition) is 4. The van der Waals surface area contributed by atoms with Crippen molar-refractivity contribution >= 4 is 18.3 Å². The summed E-state index contributed by atoms with van der Waals surface area (Å²) in [5, 5.41) is 10.6. The fourth-order valence-corrected chi connectivity index (χ4v) is 1.82. The lowest BCUT2D eigenvalue weighted by molar-refractivity contribution is -0.424. The van der Waals surface area contributed by atoms with E-state index in [0.717, 1.165) is 34.7 Å². The Morgan fingerprint density at radius 1 is 1.29 bits per heavy atom. The molecule has 0 amide bonds. The molecule has 0 saturated carbocycles. The molecule has 0 unspecified atom stereocenters. The highest BCUT2D eigenvalue weighted by atomic mass is 32.1. The third kappa shape index (κ3) is 7.66. The lowest BCUT2D eigenvalue weighted by Crippen LogP contribution is -1.97. The van der Waals surface area contributed by atoms with Crippen molar-refractivity contribution < 1.29 is 4.92 Å². The molecule has 0 aromatic heterocycles. The Labute approximate surface area is 132 Å². The molecule has 0 bridgehead atoms. The minimum absolute atomic E-state index is 0.0953. The summed E-state index contributed by atoms with van der Waals surface area (Å²) in [7, 11) is 0. The maximum atomic E-state index is 10.6. The summed E-state index contributed by atoms with van der Waals surface area (Å²) < 4.78 is 0. The summed E-state index contributed by atoms with van der Waals surface area (Å²) >= 11 is 4.45. The molecule has 0 fully saturated rings. The van der Waals surface area contributed by atoms with E-state index in [1.165, 1.54) is 13.0 Å². The van der Waals surface area contributed by atoms with Crippen LogP contribution in [0.2, 0.25) is 0 Å². The number of allylic oxidation sites excluding steroid dienone is 8. The quantitative estimate of drug-likeness (QED) is 0.234. The molecule has 0 N–H and O–H groups in total. The number of thiol groups is 1. The highest BCUT2D eigenvalue weighted by molar-refractivity contribution is 7.84. The molecular weight excluding hydrogens is 284 g/mol. The molecule has 0 saturated heterocycles. The summed E-state index contributed by atoms with van der Waals surface area (Å²) in [5.74, 6) is 0.